The molecule has 3 rings (SSSR count). The summed E-state index contributed by atoms with van der Waals surface area (Å²) in [5.74, 6) is 0.866. The van der Waals surface area contributed by atoms with Gasteiger partial charge in [0.2, 0.25) is 10.0 Å². The first-order chi connectivity index (χ1) is 13.4. The highest BCUT2D eigenvalue weighted by molar-refractivity contribution is 7.89. The van der Waals surface area contributed by atoms with E-state index in [2.05, 4.69) is 13.8 Å². The highest BCUT2D eigenvalue weighted by Crippen LogP contribution is 2.35. The lowest BCUT2D eigenvalue weighted by atomic mass is 9.80. The summed E-state index contributed by atoms with van der Waals surface area (Å²) >= 11 is 5.96. The number of sulfonamides is 1. The van der Waals surface area contributed by atoms with Crippen molar-refractivity contribution in [1.29, 1.82) is 0 Å². The molecule has 0 amide bonds. The second-order valence-corrected chi connectivity index (χ2v) is 10.1. The van der Waals surface area contributed by atoms with Crippen LogP contribution < -0.4 is 0 Å². The first-order valence-electron chi connectivity index (χ1n) is 9.87. The van der Waals surface area contributed by atoms with Crippen LogP contribution in [0.5, 0.6) is 0 Å². The molecular weight excluding hydrogens is 390 g/mol. The van der Waals surface area contributed by atoms with Crippen molar-refractivity contribution in [3.8, 4) is 0 Å². The van der Waals surface area contributed by atoms with Crippen LogP contribution in [-0.2, 0) is 10.0 Å². The third-order valence-electron chi connectivity index (χ3n) is 5.60. The van der Waals surface area contributed by atoms with Crippen molar-refractivity contribution in [3.05, 3.63) is 71.3 Å². The predicted molar refractivity (Wildman–Crippen MR) is 117 cm³/mol. The first kappa shape index (κ1) is 21.1. The van der Waals surface area contributed by atoms with Crippen LogP contribution in [0.15, 0.2) is 65.6 Å². The minimum atomic E-state index is -3.60. The molecule has 2 aromatic carbocycles. The minimum Gasteiger partial charge on any atom is -0.207 e. The van der Waals surface area contributed by atoms with Crippen molar-refractivity contribution in [2.24, 2.45) is 11.8 Å². The van der Waals surface area contributed by atoms with Crippen LogP contribution in [0, 0.1) is 11.8 Å². The van der Waals surface area contributed by atoms with E-state index in [1.54, 1.807) is 28.6 Å². The Morgan fingerprint density at radius 2 is 1.71 bits per heavy atom. The second kappa shape index (κ2) is 9.25. The normalized spacial score (nSPS) is 23.4. The molecule has 0 radical (unpaired) electrons. The van der Waals surface area contributed by atoms with Crippen molar-refractivity contribution >= 4 is 27.7 Å². The molecule has 150 valence electrons. The Kier molecular flexibility index (Phi) is 6.97. The molecule has 0 saturated heterocycles. The van der Waals surface area contributed by atoms with E-state index >= 15 is 0 Å². The number of hydrogen-bond donors (Lipinski definition) is 0. The zero-order valence-corrected chi connectivity index (χ0v) is 18.0. The summed E-state index contributed by atoms with van der Waals surface area (Å²) in [5, 5.41) is 0.536. The van der Waals surface area contributed by atoms with Gasteiger partial charge < -0.3 is 0 Å². The molecule has 0 aromatic heterocycles. The maximum Gasteiger partial charge on any atom is 0.243 e. The van der Waals surface area contributed by atoms with Crippen LogP contribution >= 0.6 is 11.6 Å². The van der Waals surface area contributed by atoms with Crippen molar-refractivity contribution < 1.29 is 8.42 Å². The number of rotatable bonds is 6. The Hall–Kier alpha value is -1.62. The fourth-order valence-corrected chi connectivity index (χ4v) is 5.72. The minimum absolute atomic E-state index is 0.00449. The quantitative estimate of drug-likeness (QED) is 0.589. The fourth-order valence-electron chi connectivity index (χ4n) is 3.91. The van der Waals surface area contributed by atoms with E-state index < -0.39 is 10.0 Å². The molecule has 0 spiro atoms. The van der Waals surface area contributed by atoms with E-state index in [-0.39, 0.29) is 6.04 Å². The van der Waals surface area contributed by atoms with E-state index in [1.165, 1.54) is 0 Å². The summed E-state index contributed by atoms with van der Waals surface area (Å²) < 4.78 is 28.7. The van der Waals surface area contributed by atoms with Gasteiger partial charge in [-0.3, -0.25) is 0 Å². The molecule has 3 unspecified atom stereocenters. The number of hydrogen-bond acceptors (Lipinski definition) is 2. The van der Waals surface area contributed by atoms with Gasteiger partial charge in [-0.05, 0) is 54.5 Å². The zero-order chi connectivity index (χ0) is 20.1. The summed E-state index contributed by atoms with van der Waals surface area (Å²) in [5.41, 5.74) is 1.07. The van der Waals surface area contributed by atoms with Gasteiger partial charge in [0, 0.05) is 17.6 Å². The third-order valence-corrected chi connectivity index (χ3v) is 7.76. The summed E-state index contributed by atoms with van der Waals surface area (Å²) in [6.45, 7) is 4.75. The second-order valence-electron chi connectivity index (χ2n) is 7.80. The molecule has 3 nitrogen and oxygen atoms in total. The van der Waals surface area contributed by atoms with Crippen LogP contribution in [0.25, 0.3) is 6.08 Å². The molecule has 1 aliphatic carbocycles. The Morgan fingerprint density at radius 1 is 1.04 bits per heavy atom. The maximum absolute atomic E-state index is 13.5. The Labute approximate surface area is 174 Å². The van der Waals surface area contributed by atoms with Gasteiger partial charge in [0.15, 0.2) is 0 Å². The Balaban J connectivity index is 1.91. The number of halogens is 1. The SMILES string of the molecule is CC1CCC(C)C(N(C/C=C/c2ccccc2)S(=O)(=O)c2ccc(Cl)cc2)C1. The van der Waals surface area contributed by atoms with Crippen molar-refractivity contribution in [2.75, 3.05) is 6.54 Å². The fraction of sp³-hybridized carbons (Fsp3) is 0.391. The molecule has 2 aromatic rings. The molecule has 1 aliphatic rings. The number of nitrogens with zero attached hydrogens (tertiary/aromatic N) is 1. The summed E-state index contributed by atoms with van der Waals surface area (Å²) in [7, 11) is -3.60. The molecule has 28 heavy (non-hydrogen) atoms. The van der Waals surface area contributed by atoms with Gasteiger partial charge in [-0.25, -0.2) is 8.42 Å². The smallest absolute Gasteiger partial charge is 0.207 e. The van der Waals surface area contributed by atoms with E-state index in [9.17, 15) is 8.42 Å². The largest absolute Gasteiger partial charge is 0.243 e. The lowest BCUT2D eigenvalue weighted by molar-refractivity contribution is 0.165. The molecule has 5 heteroatoms. The van der Waals surface area contributed by atoms with Gasteiger partial charge in [0.05, 0.1) is 4.90 Å². The molecule has 1 fully saturated rings. The van der Waals surface area contributed by atoms with Gasteiger partial charge in [-0.15, -0.1) is 0 Å². The highest BCUT2D eigenvalue weighted by Gasteiger charge is 2.36. The van der Waals surface area contributed by atoms with Gasteiger partial charge in [-0.2, -0.15) is 4.31 Å². The topological polar surface area (TPSA) is 37.4 Å². The highest BCUT2D eigenvalue weighted by atomic mass is 35.5. The third kappa shape index (κ3) is 5.05. The Bertz CT molecular complexity index is 894. The monoisotopic (exact) mass is 417 g/mol. The predicted octanol–water partition coefficient (Wildman–Crippen LogP) is 5.87. The maximum atomic E-state index is 13.5. The molecule has 0 heterocycles. The van der Waals surface area contributed by atoms with Crippen LogP contribution in [-0.4, -0.2) is 25.3 Å². The van der Waals surface area contributed by atoms with Crippen LogP contribution in [0.3, 0.4) is 0 Å². The number of benzene rings is 2. The van der Waals surface area contributed by atoms with Crippen LogP contribution in [0.4, 0.5) is 0 Å². The van der Waals surface area contributed by atoms with Gasteiger partial charge in [-0.1, -0.05) is 74.4 Å². The Morgan fingerprint density at radius 3 is 2.39 bits per heavy atom. The average Bonchev–Trinajstić information content (AvgIpc) is 2.68. The van der Waals surface area contributed by atoms with Gasteiger partial charge >= 0.3 is 0 Å². The lowest BCUT2D eigenvalue weighted by Gasteiger charge is -2.39. The molecule has 0 N–H and O–H groups in total. The van der Waals surface area contributed by atoms with Gasteiger partial charge in [0.1, 0.15) is 0 Å². The van der Waals surface area contributed by atoms with Gasteiger partial charge in [0.25, 0.3) is 0 Å². The van der Waals surface area contributed by atoms with Crippen molar-refractivity contribution in [3.63, 3.8) is 0 Å². The molecule has 0 bridgehead atoms. The zero-order valence-electron chi connectivity index (χ0n) is 16.5. The molecule has 3 atom stereocenters. The van der Waals surface area contributed by atoms with E-state index in [0.717, 1.165) is 24.8 Å². The average molecular weight is 418 g/mol. The van der Waals surface area contributed by atoms with E-state index in [1.807, 2.05) is 42.5 Å². The van der Waals surface area contributed by atoms with Crippen LogP contribution in [0.1, 0.15) is 38.7 Å². The lowest BCUT2D eigenvalue weighted by Crippen LogP contribution is -2.46. The molecule has 0 aliphatic heterocycles. The standard InChI is InChI=1S/C23H28ClNO2S/c1-18-10-11-19(2)23(17-18)25(16-6-9-20-7-4-3-5-8-20)28(26,27)22-14-12-21(24)13-15-22/h3-9,12-15,18-19,23H,10-11,16-17H2,1-2H3/b9-6+. The summed E-state index contributed by atoms with van der Waals surface area (Å²) in [6, 6.07) is 16.4. The summed E-state index contributed by atoms with van der Waals surface area (Å²) in [4.78, 5) is 0.301. The van der Waals surface area contributed by atoms with E-state index in [0.29, 0.717) is 28.3 Å². The van der Waals surface area contributed by atoms with E-state index in [4.69, 9.17) is 11.6 Å². The van der Waals surface area contributed by atoms with Crippen LogP contribution in [0.2, 0.25) is 5.02 Å². The molecule has 1 saturated carbocycles. The van der Waals surface area contributed by atoms with Crippen molar-refractivity contribution in [2.45, 2.75) is 44.0 Å². The first-order valence-corrected chi connectivity index (χ1v) is 11.7. The summed E-state index contributed by atoms with van der Waals surface area (Å²) in [6.07, 6.45) is 7.05. The van der Waals surface area contributed by atoms with Crippen molar-refractivity contribution in [1.82, 2.24) is 4.31 Å². The molecular formula is C23H28ClNO2S.